The number of alkyl halides is 3. The Hall–Kier alpha value is -1.50. The number of halogens is 4. The molecular weight excluding hydrogens is 235 g/mol. The van der Waals surface area contributed by atoms with Crippen molar-refractivity contribution >= 4 is 23.7 Å². The highest BCUT2D eigenvalue weighted by Crippen LogP contribution is 2.31. The Kier molecular flexibility index (Phi) is 2.76. The van der Waals surface area contributed by atoms with Crippen LogP contribution in [0.2, 0.25) is 5.02 Å². The van der Waals surface area contributed by atoms with Crippen LogP contribution in [0.3, 0.4) is 0 Å². The number of nitrogens with zero attached hydrogens (tertiary/aromatic N) is 2. The molecule has 1 aromatic rings. The largest absolute Gasteiger partial charge is 0.435 e. The Morgan fingerprint density at radius 1 is 1.53 bits per heavy atom. The number of nitrogen functional groups attached to an aromatic ring is 1. The molecule has 0 bridgehead atoms. The molecule has 0 aliphatic carbocycles. The van der Waals surface area contributed by atoms with Crippen LogP contribution in [-0.2, 0) is 6.18 Å². The molecule has 0 unspecified atom stereocenters. The maximum Gasteiger partial charge on any atom is 0.435 e. The molecule has 82 valence electrons. The second kappa shape index (κ2) is 3.58. The van der Waals surface area contributed by atoms with Gasteiger partial charge in [-0.3, -0.25) is 9.36 Å². The van der Waals surface area contributed by atoms with E-state index < -0.39 is 28.4 Å². The predicted molar refractivity (Wildman–Crippen MR) is 49.3 cm³/mol. The SMILES string of the molecule is C=Cn1c(N)nc(C(F)(F)F)c(Cl)c1=O. The van der Waals surface area contributed by atoms with E-state index in [1.165, 1.54) is 0 Å². The van der Waals surface area contributed by atoms with E-state index in [-0.39, 0.29) is 0 Å². The minimum atomic E-state index is -4.81. The van der Waals surface area contributed by atoms with Gasteiger partial charge in [0.15, 0.2) is 5.69 Å². The standard InChI is InChI=1S/C7H5ClF3N3O/c1-2-14-5(15)3(8)4(7(9,10)11)13-6(14)12/h2H,1H2,(H2,12,13). The van der Waals surface area contributed by atoms with Gasteiger partial charge in [-0.2, -0.15) is 13.2 Å². The molecule has 0 amide bonds. The maximum absolute atomic E-state index is 12.3. The van der Waals surface area contributed by atoms with Crippen molar-refractivity contribution in [2.24, 2.45) is 0 Å². The third kappa shape index (κ3) is 1.96. The zero-order valence-corrected chi connectivity index (χ0v) is 7.93. The molecule has 1 rings (SSSR count). The Balaban J connectivity index is 3.63. The van der Waals surface area contributed by atoms with Gasteiger partial charge in [-0.25, -0.2) is 4.98 Å². The van der Waals surface area contributed by atoms with E-state index in [9.17, 15) is 18.0 Å². The van der Waals surface area contributed by atoms with Crippen molar-refractivity contribution in [1.29, 1.82) is 0 Å². The summed E-state index contributed by atoms with van der Waals surface area (Å²) in [6.07, 6.45) is -3.89. The topological polar surface area (TPSA) is 60.9 Å². The first-order valence-corrected chi connectivity index (χ1v) is 3.94. The van der Waals surface area contributed by atoms with Crippen molar-refractivity contribution in [2.75, 3.05) is 5.73 Å². The van der Waals surface area contributed by atoms with Crippen LogP contribution >= 0.6 is 11.6 Å². The van der Waals surface area contributed by atoms with Gasteiger partial charge in [0, 0.05) is 6.20 Å². The molecule has 15 heavy (non-hydrogen) atoms. The molecule has 2 N–H and O–H groups in total. The van der Waals surface area contributed by atoms with Gasteiger partial charge in [0.1, 0.15) is 5.02 Å². The van der Waals surface area contributed by atoms with Crippen LogP contribution in [0, 0.1) is 0 Å². The fourth-order valence-electron chi connectivity index (χ4n) is 0.893. The van der Waals surface area contributed by atoms with Gasteiger partial charge in [0.2, 0.25) is 5.95 Å². The van der Waals surface area contributed by atoms with E-state index in [0.717, 1.165) is 6.20 Å². The van der Waals surface area contributed by atoms with Gasteiger partial charge in [-0.05, 0) is 0 Å². The number of nitrogens with two attached hydrogens (primary N) is 1. The highest BCUT2D eigenvalue weighted by molar-refractivity contribution is 6.31. The van der Waals surface area contributed by atoms with Crippen molar-refractivity contribution in [3.05, 3.63) is 27.6 Å². The summed E-state index contributed by atoms with van der Waals surface area (Å²) in [6.45, 7) is 3.19. The monoisotopic (exact) mass is 239 g/mol. The first-order valence-electron chi connectivity index (χ1n) is 3.56. The molecule has 0 fully saturated rings. The number of aromatic nitrogens is 2. The van der Waals surface area contributed by atoms with Crippen LogP contribution in [0.15, 0.2) is 11.4 Å². The van der Waals surface area contributed by atoms with Gasteiger partial charge in [-0.1, -0.05) is 18.2 Å². The minimum absolute atomic E-state index is 0.619. The van der Waals surface area contributed by atoms with Crippen molar-refractivity contribution in [3.8, 4) is 0 Å². The third-order valence-corrected chi connectivity index (χ3v) is 1.88. The molecule has 0 aliphatic rings. The van der Waals surface area contributed by atoms with E-state index >= 15 is 0 Å². The maximum atomic E-state index is 12.3. The summed E-state index contributed by atoms with van der Waals surface area (Å²) in [5.41, 5.74) is 2.52. The first kappa shape index (κ1) is 11.6. The summed E-state index contributed by atoms with van der Waals surface area (Å²) in [6, 6.07) is 0. The van der Waals surface area contributed by atoms with Crippen molar-refractivity contribution in [3.63, 3.8) is 0 Å². The van der Waals surface area contributed by atoms with Gasteiger partial charge in [-0.15, -0.1) is 0 Å². The van der Waals surface area contributed by atoms with E-state index in [4.69, 9.17) is 17.3 Å². The normalized spacial score (nSPS) is 11.5. The molecule has 1 aromatic heterocycles. The smallest absolute Gasteiger partial charge is 0.369 e. The Labute approximate surface area is 86.8 Å². The molecule has 0 aromatic carbocycles. The summed E-state index contributed by atoms with van der Waals surface area (Å²) < 4.78 is 37.4. The summed E-state index contributed by atoms with van der Waals surface area (Å²) in [5, 5.41) is -1.03. The van der Waals surface area contributed by atoms with E-state index in [2.05, 4.69) is 11.6 Å². The lowest BCUT2D eigenvalue weighted by Crippen LogP contribution is -2.25. The highest BCUT2D eigenvalue weighted by atomic mass is 35.5. The summed E-state index contributed by atoms with van der Waals surface area (Å²) in [5.74, 6) is -0.619. The summed E-state index contributed by atoms with van der Waals surface area (Å²) in [4.78, 5) is 14.2. The summed E-state index contributed by atoms with van der Waals surface area (Å²) >= 11 is 5.21. The molecule has 8 heteroatoms. The molecule has 0 saturated carbocycles. The van der Waals surface area contributed by atoms with Crippen LogP contribution < -0.4 is 11.3 Å². The third-order valence-electron chi connectivity index (χ3n) is 1.54. The van der Waals surface area contributed by atoms with E-state index in [1.807, 2.05) is 0 Å². The number of hydrogen-bond donors (Lipinski definition) is 1. The van der Waals surface area contributed by atoms with Crippen molar-refractivity contribution in [2.45, 2.75) is 6.18 Å². The lowest BCUT2D eigenvalue weighted by molar-refractivity contribution is -0.141. The highest BCUT2D eigenvalue weighted by Gasteiger charge is 2.37. The second-order valence-corrected chi connectivity index (χ2v) is 2.87. The first-order chi connectivity index (χ1) is 6.79. The van der Waals surface area contributed by atoms with Crippen LogP contribution in [-0.4, -0.2) is 9.55 Å². The van der Waals surface area contributed by atoms with Crippen molar-refractivity contribution in [1.82, 2.24) is 9.55 Å². The molecule has 0 saturated heterocycles. The molecule has 0 spiro atoms. The number of anilines is 1. The van der Waals surface area contributed by atoms with Gasteiger partial charge >= 0.3 is 6.18 Å². The lowest BCUT2D eigenvalue weighted by atomic mass is 10.4. The zero-order chi connectivity index (χ0) is 11.8. The fourth-order valence-corrected chi connectivity index (χ4v) is 1.13. The Morgan fingerprint density at radius 3 is 2.47 bits per heavy atom. The molecule has 0 radical (unpaired) electrons. The Morgan fingerprint density at radius 2 is 2.07 bits per heavy atom. The van der Waals surface area contributed by atoms with E-state index in [1.54, 1.807) is 0 Å². The van der Waals surface area contributed by atoms with E-state index in [0.29, 0.717) is 4.57 Å². The number of rotatable bonds is 1. The second-order valence-electron chi connectivity index (χ2n) is 2.49. The van der Waals surface area contributed by atoms with Crippen LogP contribution in [0.4, 0.5) is 19.1 Å². The van der Waals surface area contributed by atoms with Gasteiger partial charge in [0.25, 0.3) is 5.56 Å². The predicted octanol–water partition coefficient (Wildman–Crippen LogP) is 1.60. The van der Waals surface area contributed by atoms with Gasteiger partial charge in [0.05, 0.1) is 0 Å². The fraction of sp³-hybridized carbons (Fsp3) is 0.143. The molecule has 0 aliphatic heterocycles. The number of hydrogen-bond acceptors (Lipinski definition) is 3. The molecule has 0 atom stereocenters. The zero-order valence-electron chi connectivity index (χ0n) is 7.18. The summed E-state index contributed by atoms with van der Waals surface area (Å²) in [7, 11) is 0. The lowest BCUT2D eigenvalue weighted by Gasteiger charge is -2.10. The van der Waals surface area contributed by atoms with Crippen LogP contribution in [0.25, 0.3) is 6.20 Å². The average Bonchev–Trinajstić information content (AvgIpc) is 2.10. The molecule has 4 nitrogen and oxygen atoms in total. The molecule has 1 heterocycles. The van der Waals surface area contributed by atoms with Crippen molar-refractivity contribution < 1.29 is 13.2 Å². The average molecular weight is 240 g/mol. The quantitative estimate of drug-likeness (QED) is 0.810. The Bertz CT molecular complexity index is 466. The van der Waals surface area contributed by atoms with Crippen LogP contribution in [0.5, 0.6) is 0 Å². The van der Waals surface area contributed by atoms with Crippen LogP contribution in [0.1, 0.15) is 5.69 Å². The minimum Gasteiger partial charge on any atom is -0.369 e. The van der Waals surface area contributed by atoms with Gasteiger partial charge < -0.3 is 5.73 Å². The molecular formula is C7H5ClF3N3O.